The molecule has 0 saturated heterocycles. The molecule has 0 fully saturated rings. The highest BCUT2D eigenvalue weighted by Gasteiger charge is 2.32. The van der Waals surface area contributed by atoms with Crippen molar-refractivity contribution in [3.05, 3.63) is 88.6 Å². The number of amides is 2. The van der Waals surface area contributed by atoms with Crippen molar-refractivity contribution in [2.75, 3.05) is 13.7 Å². The maximum Gasteiger partial charge on any atom is 0.315 e. The summed E-state index contributed by atoms with van der Waals surface area (Å²) in [7, 11) is 1.67. The third kappa shape index (κ3) is 3.41. The minimum absolute atomic E-state index is 0.271. The molecule has 1 atom stereocenters. The van der Waals surface area contributed by atoms with Gasteiger partial charge in [-0.1, -0.05) is 41.9 Å². The summed E-state index contributed by atoms with van der Waals surface area (Å²) in [6, 6.07) is 19.5. The number of hydrogen-bond acceptors (Lipinski definition) is 2. The molecule has 1 aliphatic heterocycles. The number of rotatable bonds is 3. The van der Waals surface area contributed by atoms with Crippen LogP contribution in [0.3, 0.4) is 0 Å². The molecule has 0 saturated carbocycles. The molecule has 1 unspecified atom stereocenters. The maximum absolute atomic E-state index is 12.3. The number of benzene rings is 3. The van der Waals surface area contributed by atoms with Crippen LogP contribution in [0.15, 0.2) is 66.9 Å². The van der Waals surface area contributed by atoms with Gasteiger partial charge >= 0.3 is 6.03 Å². The van der Waals surface area contributed by atoms with Crippen molar-refractivity contribution in [2.24, 2.45) is 5.73 Å². The second-order valence-corrected chi connectivity index (χ2v) is 8.20. The second kappa shape index (κ2) is 7.67. The molecule has 5 nitrogen and oxygen atoms in total. The molecule has 3 aromatic carbocycles. The van der Waals surface area contributed by atoms with Crippen molar-refractivity contribution in [3.8, 4) is 16.9 Å². The number of fused-ring (bicyclic) bond motifs is 2. The monoisotopic (exact) mass is 431 g/mol. The van der Waals surface area contributed by atoms with Gasteiger partial charge in [-0.3, -0.25) is 0 Å². The number of nitrogens with two attached hydrogens (primary N) is 1. The normalized spacial score (nSPS) is 15.7. The molecule has 0 aliphatic carbocycles. The van der Waals surface area contributed by atoms with Crippen LogP contribution in [0.4, 0.5) is 4.79 Å². The number of aromatic amines is 1. The van der Waals surface area contributed by atoms with Gasteiger partial charge in [-0.05, 0) is 59.0 Å². The molecule has 6 heteroatoms. The first kappa shape index (κ1) is 19.5. The second-order valence-electron chi connectivity index (χ2n) is 7.76. The summed E-state index contributed by atoms with van der Waals surface area (Å²) in [5, 5.41) is 1.65. The fourth-order valence-electron chi connectivity index (χ4n) is 4.52. The third-order valence-electron chi connectivity index (χ3n) is 6.03. The number of nitrogens with zero attached hydrogens (tertiary/aromatic N) is 1. The molecule has 0 radical (unpaired) electrons. The van der Waals surface area contributed by atoms with Gasteiger partial charge in [0.15, 0.2) is 0 Å². The fourth-order valence-corrected chi connectivity index (χ4v) is 4.69. The van der Waals surface area contributed by atoms with Gasteiger partial charge in [0.1, 0.15) is 5.75 Å². The van der Waals surface area contributed by atoms with E-state index in [2.05, 4.69) is 29.2 Å². The van der Waals surface area contributed by atoms with Gasteiger partial charge in [-0.2, -0.15) is 0 Å². The maximum atomic E-state index is 12.3. The fraction of sp³-hybridized carbons (Fsp3) is 0.160. The Hall–Kier alpha value is -3.44. The highest BCUT2D eigenvalue weighted by Crippen LogP contribution is 2.40. The molecule has 3 N–H and O–H groups in total. The lowest BCUT2D eigenvalue weighted by molar-refractivity contribution is 0.190. The smallest absolute Gasteiger partial charge is 0.315 e. The van der Waals surface area contributed by atoms with Gasteiger partial charge in [0.05, 0.1) is 13.2 Å². The van der Waals surface area contributed by atoms with Crippen LogP contribution in [0.1, 0.15) is 22.7 Å². The number of halogens is 1. The summed E-state index contributed by atoms with van der Waals surface area (Å²) >= 11 is 6.27. The first-order chi connectivity index (χ1) is 15.0. The Morgan fingerprint density at radius 1 is 1.10 bits per heavy atom. The van der Waals surface area contributed by atoms with Gasteiger partial charge < -0.3 is 20.4 Å². The van der Waals surface area contributed by atoms with Crippen molar-refractivity contribution < 1.29 is 9.53 Å². The largest absolute Gasteiger partial charge is 0.497 e. The molecule has 2 amide bonds. The van der Waals surface area contributed by atoms with Crippen LogP contribution in [0, 0.1) is 0 Å². The van der Waals surface area contributed by atoms with Crippen LogP contribution in [0.5, 0.6) is 5.75 Å². The van der Waals surface area contributed by atoms with E-state index in [-0.39, 0.29) is 6.04 Å². The predicted molar refractivity (Wildman–Crippen MR) is 124 cm³/mol. The Morgan fingerprint density at radius 2 is 1.94 bits per heavy atom. The number of H-pyrrole nitrogens is 1. The van der Waals surface area contributed by atoms with E-state index in [1.165, 1.54) is 5.56 Å². The molecular formula is C25H22ClN3O2. The molecular weight excluding hydrogens is 410 g/mol. The van der Waals surface area contributed by atoms with Crippen molar-refractivity contribution in [2.45, 2.75) is 12.5 Å². The minimum atomic E-state index is -0.427. The van der Waals surface area contributed by atoms with Crippen LogP contribution >= 0.6 is 11.6 Å². The number of primary amides is 1. The van der Waals surface area contributed by atoms with Gasteiger partial charge in [-0.25, -0.2) is 4.79 Å². The highest BCUT2D eigenvalue weighted by atomic mass is 35.5. The lowest BCUT2D eigenvalue weighted by Gasteiger charge is -2.36. The van der Waals surface area contributed by atoms with Crippen LogP contribution in [-0.2, 0) is 6.42 Å². The van der Waals surface area contributed by atoms with E-state index in [0.717, 1.165) is 45.3 Å². The van der Waals surface area contributed by atoms with Crippen molar-refractivity contribution in [3.63, 3.8) is 0 Å². The molecule has 156 valence electrons. The van der Waals surface area contributed by atoms with Crippen molar-refractivity contribution >= 4 is 28.5 Å². The van der Waals surface area contributed by atoms with E-state index in [1.807, 2.05) is 42.6 Å². The van der Waals surface area contributed by atoms with Crippen molar-refractivity contribution in [1.29, 1.82) is 0 Å². The van der Waals surface area contributed by atoms with Gasteiger partial charge in [0.25, 0.3) is 0 Å². The molecule has 0 bridgehead atoms. The number of carbonyl (C=O) groups is 1. The first-order valence-corrected chi connectivity index (χ1v) is 10.5. The van der Waals surface area contributed by atoms with Gasteiger partial charge in [-0.15, -0.1) is 0 Å². The zero-order chi connectivity index (χ0) is 21.5. The molecule has 1 aliphatic rings. The van der Waals surface area contributed by atoms with E-state index in [1.54, 1.807) is 12.0 Å². The Balaban J connectivity index is 1.64. The zero-order valence-corrected chi connectivity index (χ0v) is 17.8. The highest BCUT2D eigenvalue weighted by molar-refractivity contribution is 6.31. The van der Waals surface area contributed by atoms with Crippen LogP contribution in [0.25, 0.3) is 22.0 Å². The average molecular weight is 432 g/mol. The summed E-state index contributed by atoms with van der Waals surface area (Å²) in [5.41, 5.74) is 12.3. The third-order valence-corrected chi connectivity index (χ3v) is 6.26. The first-order valence-electron chi connectivity index (χ1n) is 10.1. The standard InChI is InChI=1S/C25H22ClN3O2/c1-31-19-4-2-3-15(12-19)16-5-7-20-17(11-16)9-10-29(25(27)30)24(20)22-14-28-23-8-6-18(26)13-21(22)23/h2-8,11-14,24,28H,9-10H2,1H3,(H2,27,30). The number of urea groups is 1. The quantitative estimate of drug-likeness (QED) is 0.448. The Labute approximate surface area is 185 Å². The molecule has 2 heterocycles. The van der Waals surface area contributed by atoms with E-state index in [4.69, 9.17) is 22.1 Å². The Morgan fingerprint density at radius 3 is 2.74 bits per heavy atom. The summed E-state index contributed by atoms with van der Waals surface area (Å²) < 4.78 is 5.37. The Bertz CT molecular complexity index is 1300. The van der Waals surface area contributed by atoms with E-state index < -0.39 is 6.03 Å². The van der Waals surface area contributed by atoms with Crippen molar-refractivity contribution in [1.82, 2.24) is 9.88 Å². The number of nitrogens with one attached hydrogen (secondary N) is 1. The van der Waals surface area contributed by atoms with Gasteiger partial charge in [0.2, 0.25) is 0 Å². The summed E-state index contributed by atoms with van der Waals surface area (Å²) in [4.78, 5) is 17.4. The topological polar surface area (TPSA) is 71.3 Å². The zero-order valence-electron chi connectivity index (χ0n) is 17.1. The molecule has 1 aromatic heterocycles. The minimum Gasteiger partial charge on any atom is -0.497 e. The van der Waals surface area contributed by atoms with Crippen LogP contribution in [0.2, 0.25) is 5.02 Å². The lowest BCUT2D eigenvalue weighted by atomic mass is 9.86. The van der Waals surface area contributed by atoms with Gasteiger partial charge in [0, 0.05) is 34.2 Å². The summed E-state index contributed by atoms with van der Waals surface area (Å²) in [6.07, 6.45) is 2.70. The summed E-state index contributed by atoms with van der Waals surface area (Å²) in [6.45, 7) is 0.557. The lowest BCUT2D eigenvalue weighted by Crippen LogP contribution is -2.43. The van der Waals surface area contributed by atoms with E-state index in [9.17, 15) is 4.79 Å². The molecule has 5 rings (SSSR count). The van der Waals surface area contributed by atoms with E-state index >= 15 is 0 Å². The summed E-state index contributed by atoms with van der Waals surface area (Å²) in [5.74, 6) is 0.823. The molecule has 31 heavy (non-hydrogen) atoms. The number of hydrogen-bond donors (Lipinski definition) is 2. The number of aromatic nitrogens is 1. The SMILES string of the molecule is COc1cccc(-c2ccc3c(c2)CCN(C(N)=O)C3c2c[nH]c3ccc(Cl)cc23)c1. The molecule has 4 aromatic rings. The van der Waals surface area contributed by atoms with E-state index in [0.29, 0.717) is 11.6 Å². The number of methoxy groups -OCH3 is 1. The number of carbonyl (C=O) groups excluding carboxylic acids is 1. The predicted octanol–water partition coefficient (Wildman–Crippen LogP) is 5.52. The number of ether oxygens (including phenoxy) is 1. The van der Waals surface area contributed by atoms with Crippen LogP contribution < -0.4 is 10.5 Å². The Kier molecular flexibility index (Phi) is 4.83. The van der Waals surface area contributed by atoms with Crippen LogP contribution in [-0.4, -0.2) is 29.6 Å². The molecule has 0 spiro atoms. The average Bonchev–Trinajstić information content (AvgIpc) is 3.20.